The highest BCUT2D eigenvalue weighted by molar-refractivity contribution is 5.93. The van der Waals surface area contributed by atoms with Crippen molar-refractivity contribution in [1.29, 1.82) is 0 Å². The van der Waals surface area contributed by atoms with Gasteiger partial charge < -0.3 is 9.47 Å². The summed E-state index contributed by atoms with van der Waals surface area (Å²) in [5.74, 6) is -32.2. The van der Waals surface area contributed by atoms with Crippen molar-refractivity contribution >= 4 is 23.0 Å². The van der Waals surface area contributed by atoms with Gasteiger partial charge in [-0.2, -0.15) is 50.5 Å². The molecule has 17 heteroatoms. The molecular formula is C23H25F10N3O4. The summed E-state index contributed by atoms with van der Waals surface area (Å²) in [6, 6.07) is 3.68. The largest absolute Gasteiger partial charge is 0.465 e. The summed E-state index contributed by atoms with van der Waals surface area (Å²) < 4.78 is 147. The maximum Gasteiger partial charge on any atom is 0.384 e. The number of ether oxygens (including phenoxy) is 2. The maximum absolute atomic E-state index is 14.9. The van der Waals surface area contributed by atoms with Gasteiger partial charge in [0.1, 0.15) is 11.0 Å². The lowest BCUT2D eigenvalue weighted by Crippen LogP contribution is -2.66. The van der Waals surface area contributed by atoms with Crippen molar-refractivity contribution in [1.82, 2.24) is 15.4 Å². The van der Waals surface area contributed by atoms with E-state index in [4.69, 9.17) is 9.47 Å². The lowest BCUT2D eigenvalue weighted by atomic mass is 9.85. The molecule has 0 spiro atoms. The molecule has 1 unspecified atom stereocenters. The van der Waals surface area contributed by atoms with Gasteiger partial charge in [-0.25, -0.2) is 13.6 Å². The lowest BCUT2D eigenvalue weighted by Gasteiger charge is -2.39. The van der Waals surface area contributed by atoms with Crippen LogP contribution in [-0.2, 0) is 14.3 Å². The summed E-state index contributed by atoms with van der Waals surface area (Å²) in [6.45, 7) is 2.21. The number of benzene rings is 1. The third kappa shape index (κ3) is 6.27. The van der Waals surface area contributed by atoms with Crippen LogP contribution >= 0.6 is 0 Å². The minimum Gasteiger partial charge on any atom is -0.465 e. The van der Waals surface area contributed by atoms with Gasteiger partial charge in [0.05, 0.1) is 24.2 Å². The number of hydrogen-bond acceptors (Lipinski definition) is 6. The average Bonchev–Trinajstić information content (AvgIpc) is 3.34. The third-order valence-electron chi connectivity index (χ3n) is 6.41. The van der Waals surface area contributed by atoms with Crippen LogP contribution < -0.4 is 0 Å². The molecule has 7 nitrogen and oxygen atoms in total. The molecule has 0 aliphatic rings. The summed E-state index contributed by atoms with van der Waals surface area (Å²) in [4.78, 5) is 24.3. The van der Waals surface area contributed by atoms with Crippen molar-refractivity contribution < 1.29 is 63.0 Å². The molecule has 0 radical (unpaired) electrons. The van der Waals surface area contributed by atoms with E-state index >= 15 is 0 Å². The maximum atomic E-state index is 14.9. The van der Waals surface area contributed by atoms with E-state index in [9.17, 15) is 53.5 Å². The number of nitrogens with one attached hydrogen (secondary N) is 1. The zero-order valence-electron chi connectivity index (χ0n) is 21.2. The summed E-state index contributed by atoms with van der Waals surface area (Å²) in [6.07, 6.45) is -7.82. The van der Waals surface area contributed by atoms with Crippen LogP contribution in [0.2, 0.25) is 0 Å². The molecule has 2 rings (SSSR count). The quantitative estimate of drug-likeness (QED) is 0.203. The molecular weight excluding hydrogens is 572 g/mol. The average molecular weight is 597 g/mol. The van der Waals surface area contributed by atoms with Gasteiger partial charge >= 0.3 is 42.1 Å². The SMILES string of the molecule is CCC(C)(C)C(=O)OCCC(CCOC(=O)c1ccc2n[nH]nc2c1)C(F)(F)C(F)(F)C(F)(F)C(F)(F)C(F)F. The highest BCUT2D eigenvalue weighted by Crippen LogP contribution is 2.57. The van der Waals surface area contributed by atoms with Gasteiger partial charge in [0.25, 0.3) is 0 Å². The fraction of sp³-hybridized carbons (Fsp3) is 0.652. The van der Waals surface area contributed by atoms with E-state index in [0.717, 1.165) is 0 Å². The number of fused-ring (bicyclic) bond motifs is 1. The van der Waals surface area contributed by atoms with Crippen LogP contribution in [-0.4, -0.2) is 70.7 Å². The number of carbonyl (C=O) groups is 2. The van der Waals surface area contributed by atoms with Gasteiger partial charge in [0, 0.05) is 5.92 Å². The van der Waals surface area contributed by atoms with Crippen LogP contribution in [0, 0.1) is 11.3 Å². The van der Waals surface area contributed by atoms with Crippen LogP contribution in [0.15, 0.2) is 18.2 Å². The van der Waals surface area contributed by atoms with E-state index in [0.29, 0.717) is 5.52 Å². The van der Waals surface area contributed by atoms with E-state index < -0.39 is 79.4 Å². The van der Waals surface area contributed by atoms with Crippen molar-refractivity contribution in [2.24, 2.45) is 11.3 Å². The Morgan fingerprint density at radius 3 is 1.93 bits per heavy atom. The molecule has 1 aromatic carbocycles. The van der Waals surface area contributed by atoms with E-state index in [-0.39, 0.29) is 17.5 Å². The van der Waals surface area contributed by atoms with Crippen LogP contribution in [0.3, 0.4) is 0 Å². The Hall–Kier alpha value is -3.14. The van der Waals surface area contributed by atoms with Gasteiger partial charge in [-0.05, 0) is 51.3 Å². The second-order valence-electron chi connectivity index (χ2n) is 9.51. The molecule has 0 fully saturated rings. The number of H-pyrrole nitrogens is 1. The highest BCUT2D eigenvalue weighted by atomic mass is 19.4. The summed E-state index contributed by atoms with van der Waals surface area (Å²) in [7, 11) is 0. The van der Waals surface area contributed by atoms with Crippen LogP contribution in [0.4, 0.5) is 43.9 Å². The van der Waals surface area contributed by atoms with Crippen molar-refractivity contribution in [3.05, 3.63) is 23.8 Å². The Labute approximate surface area is 220 Å². The molecule has 2 aromatic rings. The van der Waals surface area contributed by atoms with Gasteiger partial charge in [0.15, 0.2) is 0 Å². The van der Waals surface area contributed by atoms with Gasteiger partial charge in [-0.1, -0.05) is 6.92 Å². The first-order chi connectivity index (χ1) is 18.2. The van der Waals surface area contributed by atoms with E-state index in [1.54, 1.807) is 6.92 Å². The first-order valence-electron chi connectivity index (χ1n) is 11.7. The second-order valence-corrected chi connectivity index (χ2v) is 9.51. The molecule has 226 valence electrons. The zero-order chi connectivity index (χ0) is 30.7. The standard InChI is InChI=1S/C23H25F10N3O4/c1-4-19(2,3)18(38)40-10-8-13(20(26,27)22(30,31)23(32,33)21(28,29)17(24)25)7-9-39-16(37)12-5-6-14-15(11-12)35-36-34-14/h5-6,11,13,17H,4,7-10H2,1-3H3,(H,34,35,36). The molecule has 0 bridgehead atoms. The number of hydrogen-bond donors (Lipinski definition) is 1. The summed E-state index contributed by atoms with van der Waals surface area (Å²) in [5, 5.41) is 9.68. The first kappa shape index (κ1) is 33.1. The predicted molar refractivity (Wildman–Crippen MR) is 118 cm³/mol. The van der Waals surface area contributed by atoms with Crippen LogP contribution in [0.5, 0.6) is 0 Å². The summed E-state index contributed by atoms with van der Waals surface area (Å²) >= 11 is 0. The number of nitrogens with zero attached hydrogens (tertiary/aromatic N) is 2. The van der Waals surface area contributed by atoms with Crippen molar-refractivity contribution in [2.75, 3.05) is 13.2 Å². The van der Waals surface area contributed by atoms with Gasteiger partial charge in [-0.15, -0.1) is 0 Å². The summed E-state index contributed by atoms with van der Waals surface area (Å²) in [5.41, 5.74) is -0.804. The second kappa shape index (κ2) is 11.8. The number of aromatic nitrogens is 3. The van der Waals surface area contributed by atoms with Crippen LogP contribution in [0.1, 0.15) is 50.4 Å². The van der Waals surface area contributed by atoms with Gasteiger partial charge in [-0.3, -0.25) is 4.79 Å². The molecule has 0 amide bonds. The number of aromatic amines is 1. The van der Waals surface area contributed by atoms with Crippen molar-refractivity contribution in [2.45, 2.75) is 70.1 Å². The molecule has 0 aliphatic heterocycles. The molecule has 0 saturated heterocycles. The first-order valence-corrected chi connectivity index (χ1v) is 11.7. The van der Waals surface area contributed by atoms with Crippen molar-refractivity contribution in [3.63, 3.8) is 0 Å². The number of halogens is 10. The topological polar surface area (TPSA) is 94.2 Å². The monoisotopic (exact) mass is 597 g/mol. The third-order valence-corrected chi connectivity index (χ3v) is 6.41. The fourth-order valence-electron chi connectivity index (χ4n) is 3.30. The van der Waals surface area contributed by atoms with E-state index in [2.05, 4.69) is 15.4 Å². The smallest absolute Gasteiger partial charge is 0.384 e. The lowest BCUT2D eigenvalue weighted by molar-refractivity contribution is -0.392. The predicted octanol–water partition coefficient (Wildman–Crippen LogP) is 6.30. The number of esters is 2. The highest BCUT2D eigenvalue weighted by Gasteiger charge is 2.83. The minimum absolute atomic E-state index is 0.186. The number of rotatable bonds is 14. The molecule has 40 heavy (non-hydrogen) atoms. The molecule has 1 atom stereocenters. The van der Waals surface area contributed by atoms with Gasteiger partial charge in [0.2, 0.25) is 0 Å². The molecule has 0 aliphatic carbocycles. The number of alkyl halides is 10. The molecule has 0 saturated carbocycles. The Bertz CT molecular complexity index is 1190. The Morgan fingerprint density at radius 2 is 1.38 bits per heavy atom. The van der Waals surface area contributed by atoms with E-state index in [1.165, 1.54) is 32.0 Å². The number of carbonyl (C=O) groups excluding carboxylic acids is 2. The zero-order valence-corrected chi connectivity index (χ0v) is 21.2. The van der Waals surface area contributed by atoms with E-state index in [1.807, 2.05) is 0 Å². The molecule has 1 aromatic heterocycles. The minimum atomic E-state index is -7.19. The Morgan fingerprint density at radius 1 is 0.850 bits per heavy atom. The van der Waals surface area contributed by atoms with Crippen LogP contribution in [0.25, 0.3) is 11.0 Å². The molecule has 1 N–H and O–H groups in total. The Balaban J connectivity index is 2.27. The van der Waals surface area contributed by atoms with Crippen molar-refractivity contribution in [3.8, 4) is 0 Å². The Kier molecular flexibility index (Phi) is 9.73. The molecule has 1 heterocycles. The normalized spacial score (nSPS) is 14.4. The fourth-order valence-corrected chi connectivity index (χ4v) is 3.30.